The fourth-order valence-corrected chi connectivity index (χ4v) is 4.36. The van der Waals surface area contributed by atoms with Crippen molar-refractivity contribution >= 4 is 17.5 Å². The van der Waals surface area contributed by atoms with Crippen LogP contribution in [0.25, 0.3) is 0 Å². The lowest BCUT2D eigenvalue weighted by Gasteiger charge is -2.37. The standard InChI is InChI=1S/C23H31N5O2/c1-4-16(2)22(29)28-10-9-19-18(15-28)21(25-24-19)23(30)27-13-11-26(12-14-27)20-8-6-5-7-17(20)3/h5-8,16H,4,9-15H2,1-3H3,(H,24,25). The van der Waals surface area contributed by atoms with Crippen LogP contribution in [0, 0.1) is 12.8 Å². The van der Waals surface area contributed by atoms with Crippen LogP contribution in [0.5, 0.6) is 0 Å². The third kappa shape index (κ3) is 3.80. The minimum atomic E-state index is -0.0326. The third-order valence-corrected chi connectivity index (χ3v) is 6.50. The number of anilines is 1. The van der Waals surface area contributed by atoms with Gasteiger partial charge in [-0.1, -0.05) is 32.0 Å². The largest absolute Gasteiger partial charge is 0.368 e. The van der Waals surface area contributed by atoms with Crippen LogP contribution in [-0.4, -0.2) is 64.5 Å². The summed E-state index contributed by atoms with van der Waals surface area (Å²) in [6, 6.07) is 8.37. The van der Waals surface area contributed by atoms with Crippen molar-refractivity contribution in [2.45, 2.75) is 40.2 Å². The lowest BCUT2D eigenvalue weighted by molar-refractivity contribution is -0.136. The highest BCUT2D eigenvalue weighted by Gasteiger charge is 2.32. The molecule has 7 nitrogen and oxygen atoms in total. The smallest absolute Gasteiger partial charge is 0.274 e. The topological polar surface area (TPSA) is 72.5 Å². The molecule has 0 aliphatic carbocycles. The van der Waals surface area contributed by atoms with Crippen LogP contribution in [0.15, 0.2) is 24.3 Å². The number of nitrogens with one attached hydrogen (secondary N) is 1. The molecule has 30 heavy (non-hydrogen) atoms. The van der Waals surface area contributed by atoms with Gasteiger partial charge in [-0.15, -0.1) is 0 Å². The van der Waals surface area contributed by atoms with E-state index in [2.05, 4.69) is 46.3 Å². The minimum Gasteiger partial charge on any atom is -0.368 e. The number of aromatic amines is 1. The van der Waals surface area contributed by atoms with E-state index in [1.807, 2.05) is 23.6 Å². The number of aryl methyl sites for hydroxylation is 1. The van der Waals surface area contributed by atoms with E-state index >= 15 is 0 Å². The molecule has 1 unspecified atom stereocenters. The Labute approximate surface area is 178 Å². The van der Waals surface area contributed by atoms with Crippen molar-refractivity contribution in [3.63, 3.8) is 0 Å². The molecule has 1 saturated heterocycles. The van der Waals surface area contributed by atoms with Crippen LogP contribution >= 0.6 is 0 Å². The van der Waals surface area contributed by atoms with E-state index in [0.29, 0.717) is 31.9 Å². The number of benzene rings is 1. The zero-order valence-corrected chi connectivity index (χ0v) is 18.1. The number of amides is 2. The Morgan fingerprint density at radius 1 is 1.10 bits per heavy atom. The number of para-hydroxylation sites is 1. The van der Waals surface area contributed by atoms with Crippen molar-refractivity contribution in [3.8, 4) is 0 Å². The Balaban J connectivity index is 1.44. The number of carbonyl (C=O) groups is 2. The maximum absolute atomic E-state index is 13.2. The van der Waals surface area contributed by atoms with Crippen molar-refractivity contribution in [1.29, 1.82) is 0 Å². The van der Waals surface area contributed by atoms with Crippen molar-refractivity contribution < 1.29 is 9.59 Å². The van der Waals surface area contributed by atoms with E-state index in [9.17, 15) is 9.59 Å². The molecule has 2 amide bonds. The first-order valence-corrected chi connectivity index (χ1v) is 10.9. The summed E-state index contributed by atoms with van der Waals surface area (Å²) in [6.45, 7) is 10.2. The molecule has 3 heterocycles. The van der Waals surface area contributed by atoms with Gasteiger partial charge < -0.3 is 14.7 Å². The van der Waals surface area contributed by atoms with Crippen LogP contribution < -0.4 is 4.90 Å². The summed E-state index contributed by atoms with van der Waals surface area (Å²) in [6.07, 6.45) is 1.55. The highest BCUT2D eigenvalue weighted by atomic mass is 16.2. The Morgan fingerprint density at radius 3 is 2.53 bits per heavy atom. The molecule has 1 N–H and O–H groups in total. The Kier molecular flexibility index (Phi) is 5.79. The summed E-state index contributed by atoms with van der Waals surface area (Å²) < 4.78 is 0. The summed E-state index contributed by atoms with van der Waals surface area (Å²) in [4.78, 5) is 32.0. The number of H-pyrrole nitrogens is 1. The average molecular weight is 410 g/mol. The van der Waals surface area contributed by atoms with Crippen LogP contribution in [0.3, 0.4) is 0 Å². The number of piperazine rings is 1. The summed E-state index contributed by atoms with van der Waals surface area (Å²) in [5.41, 5.74) is 4.86. The molecule has 0 spiro atoms. The van der Waals surface area contributed by atoms with E-state index in [-0.39, 0.29) is 17.7 Å². The predicted octanol–water partition coefficient (Wildman–Crippen LogP) is 2.61. The number of rotatable bonds is 4. The van der Waals surface area contributed by atoms with Gasteiger partial charge in [-0.3, -0.25) is 14.7 Å². The van der Waals surface area contributed by atoms with Gasteiger partial charge in [0.15, 0.2) is 5.69 Å². The van der Waals surface area contributed by atoms with Gasteiger partial charge >= 0.3 is 0 Å². The number of hydrogen-bond acceptors (Lipinski definition) is 4. The van der Waals surface area contributed by atoms with E-state index in [0.717, 1.165) is 37.2 Å². The Morgan fingerprint density at radius 2 is 1.83 bits per heavy atom. The molecule has 1 fully saturated rings. The summed E-state index contributed by atoms with van der Waals surface area (Å²) in [7, 11) is 0. The molecule has 0 radical (unpaired) electrons. The van der Waals surface area contributed by atoms with E-state index in [4.69, 9.17) is 0 Å². The van der Waals surface area contributed by atoms with Gasteiger partial charge in [-0.2, -0.15) is 5.10 Å². The van der Waals surface area contributed by atoms with Crippen molar-refractivity contribution in [3.05, 3.63) is 46.8 Å². The summed E-state index contributed by atoms with van der Waals surface area (Å²) in [5, 5.41) is 7.40. The molecule has 2 aromatic rings. The molecular weight excluding hydrogens is 378 g/mol. The van der Waals surface area contributed by atoms with Crippen molar-refractivity contribution in [2.75, 3.05) is 37.6 Å². The van der Waals surface area contributed by atoms with Crippen molar-refractivity contribution in [2.24, 2.45) is 5.92 Å². The lowest BCUT2D eigenvalue weighted by Crippen LogP contribution is -2.49. The molecule has 1 aromatic carbocycles. The molecule has 160 valence electrons. The maximum atomic E-state index is 13.2. The average Bonchev–Trinajstić information content (AvgIpc) is 3.21. The normalized spacial score (nSPS) is 17.6. The highest BCUT2D eigenvalue weighted by Crippen LogP contribution is 2.25. The SMILES string of the molecule is CCC(C)C(=O)N1CCc2[nH]nc(C(=O)N3CCN(c4ccccc4C)CC3)c2C1. The molecule has 1 aromatic heterocycles. The first kappa shape index (κ1) is 20.4. The van der Waals surface area contributed by atoms with Gasteiger partial charge in [0.25, 0.3) is 5.91 Å². The predicted molar refractivity (Wildman–Crippen MR) is 116 cm³/mol. The van der Waals surface area contributed by atoms with E-state index in [1.165, 1.54) is 11.3 Å². The number of aromatic nitrogens is 2. The van der Waals surface area contributed by atoms with Crippen LogP contribution in [0.2, 0.25) is 0 Å². The van der Waals surface area contributed by atoms with Gasteiger partial charge in [0.1, 0.15) is 0 Å². The van der Waals surface area contributed by atoms with E-state index in [1.54, 1.807) is 0 Å². The zero-order chi connectivity index (χ0) is 21.3. The molecule has 1 atom stereocenters. The van der Waals surface area contributed by atoms with Crippen molar-refractivity contribution in [1.82, 2.24) is 20.0 Å². The molecule has 4 rings (SSSR count). The quantitative estimate of drug-likeness (QED) is 0.843. The Hall–Kier alpha value is -2.83. The summed E-state index contributed by atoms with van der Waals surface area (Å²) in [5.74, 6) is 0.136. The number of hydrogen-bond donors (Lipinski definition) is 1. The van der Waals surface area contributed by atoms with Gasteiger partial charge in [0, 0.05) is 68.6 Å². The van der Waals surface area contributed by atoms with Crippen LogP contribution in [0.4, 0.5) is 5.69 Å². The first-order chi connectivity index (χ1) is 14.5. The number of fused-ring (bicyclic) bond motifs is 1. The van der Waals surface area contributed by atoms with Gasteiger partial charge in [-0.25, -0.2) is 0 Å². The monoisotopic (exact) mass is 409 g/mol. The molecule has 2 aliphatic heterocycles. The second kappa shape index (κ2) is 8.50. The van der Waals surface area contributed by atoms with Gasteiger partial charge in [0.05, 0.1) is 0 Å². The fraction of sp³-hybridized carbons (Fsp3) is 0.522. The third-order valence-electron chi connectivity index (χ3n) is 6.50. The number of nitrogens with zero attached hydrogens (tertiary/aromatic N) is 4. The van der Waals surface area contributed by atoms with Crippen LogP contribution in [0.1, 0.15) is 47.6 Å². The fourth-order valence-electron chi connectivity index (χ4n) is 4.36. The second-order valence-electron chi connectivity index (χ2n) is 8.41. The van der Waals surface area contributed by atoms with Crippen LogP contribution in [-0.2, 0) is 17.8 Å². The minimum absolute atomic E-state index is 0.00660. The lowest BCUT2D eigenvalue weighted by atomic mass is 10.0. The number of carbonyl (C=O) groups excluding carboxylic acids is 2. The zero-order valence-electron chi connectivity index (χ0n) is 18.1. The summed E-state index contributed by atoms with van der Waals surface area (Å²) >= 11 is 0. The maximum Gasteiger partial charge on any atom is 0.274 e. The molecular formula is C23H31N5O2. The first-order valence-electron chi connectivity index (χ1n) is 10.9. The van der Waals surface area contributed by atoms with Gasteiger partial charge in [0.2, 0.25) is 5.91 Å². The Bertz CT molecular complexity index is 929. The molecule has 2 aliphatic rings. The van der Waals surface area contributed by atoms with E-state index < -0.39 is 0 Å². The second-order valence-corrected chi connectivity index (χ2v) is 8.41. The molecule has 7 heteroatoms. The molecule has 0 saturated carbocycles. The highest BCUT2D eigenvalue weighted by molar-refractivity contribution is 5.94. The molecule has 0 bridgehead atoms. The van der Waals surface area contributed by atoms with Gasteiger partial charge in [-0.05, 0) is 25.0 Å².